The molecule has 0 aromatic heterocycles. The third kappa shape index (κ3) is 5.89. The van der Waals surface area contributed by atoms with E-state index in [0.717, 1.165) is 0 Å². The molecular formula is C21H21S2Si. The first kappa shape index (κ1) is 17.4. The van der Waals surface area contributed by atoms with Crippen molar-refractivity contribution in [1.29, 1.82) is 0 Å². The second-order valence-corrected chi connectivity index (χ2v) is 11.3. The summed E-state index contributed by atoms with van der Waals surface area (Å²) in [4.78, 5) is 2.77. The fourth-order valence-electron chi connectivity index (χ4n) is 2.43. The number of hydrogen-bond acceptors (Lipinski definition) is 2. The van der Waals surface area contributed by atoms with Gasteiger partial charge in [0.2, 0.25) is 0 Å². The molecule has 0 aliphatic heterocycles. The van der Waals surface area contributed by atoms with Crippen molar-refractivity contribution in [3.05, 3.63) is 96.6 Å². The summed E-state index contributed by atoms with van der Waals surface area (Å²) in [6, 6.07) is 33.8. The molecule has 1 radical (unpaired) electrons. The molecule has 0 saturated carbocycles. The Morgan fingerprint density at radius 2 is 0.958 bits per heavy atom. The summed E-state index contributed by atoms with van der Waals surface area (Å²) >= 11 is 4.03. The Morgan fingerprint density at radius 3 is 1.42 bits per heavy atom. The highest BCUT2D eigenvalue weighted by molar-refractivity contribution is 8.02. The summed E-state index contributed by atoms with van der Waals surface area (Å²) in [5.41, 5.74) is 1.48. The van der Waals surface area contributed by atoms with Crippen LogP contribution in [0.5, 0.6) is 0 Å². The monoisotopic (exact) mass is 365 g/mol. The molecule has 0 heterocycles. The highest BCUT2D eigenvalue weighted by atomic mass is 32.2. The molecular weight excluding hydrogens is 344 g/mol. The van der Waals surface area contributed by atoms with E-state index in [-0.39, 0.29) is 0 Å². The molecule has 0 saturated heterocycles. The number of rotatable bonds is 8. The Kier molecular flexibility index (Phi) is 7.08. The summed E-state index contributed by atoms with van der Waals surface area (Å²) < 4.78 is 0. The number of thioether (sulfide) groups is 2. The molecule has 121 valence electrons. The molecule has 0 spiro atoms. The van der Waals surface area contributed by atoms with Crippen LogP contribution in [-0.2, 0) is 6.04 Å². The first-order chi connectivity index (χ1) is 11.9. The maximum Gasteiger partial charge on any atom is 0.0759 e. The summed E-state index contributed by atoms with van der Waals surface area (Å²) in [5, 5.41) is 2.51. The van der Waals surface area contributed by atoms with E-state index in [0.29, 0.717) is 0 Å². The highest BCUT2D eigenvalue weighted by Crippen LogP contribution is 2.23. The van der Waals surface area contributed by atoms with Crippen molar-refractivity contribution < 1.29 is 0 Å². The van der Waals surface area contributed by atoms with Crippen LogP contribution in [0.3, 0.4) is 0 Å². The van der Waals surface area contributed by atoms with Crippen LogP contribution in [0.25, 0.3) is 0 Å². The average Bonchev–Trinajstić information content (AvgIpc) is 2.66. The summed E-state index contributed by atoms with van der Waals surface area (Å²) in [5.74, 6) is 0. The van der Waals surface area contributed by atoms with Crippen LogP contribution in [0.15, 0.2) is 101 Å². The van der Waals surface area contributed by atoms with Crippen LogP contribution in [0.2, 0.25) is 0 Å². The van der Waals surface area contributed by atoms with Crippen molar-refractivity contribution in [2.45, 2.75) is 15.8 Å². The van der Waals surface area contributed by atoms with Crippen LogP contribution in [0, 0.1) is 0 Å². The standard InChI is InChI=1S/C21H21S2Si/c1-4-10-19(11-5-1)16-24(17-22-20-12-6-2-7-13-20)18-23-21-14-8-3-9-15-21/h1-15H,16-18H2. The van der Waals surface area contributed by atoms with Crippen LogP contribution in [0.4, 0.5) is 0 Å². The molecule has 0 nitrogen and oxygen atoms in total. The molecule has 24 heavy (non-hydrogen) atoms. The zero-order valence-corrected chi connectivity index (χ0v) is 16.2. The lowest BCUT2D eigenvalue weighted by Gasteiger charge is -2.15. The lowest BCUT2D eigenvalue weighted by atomic mass is 10.2. The molecule has 0 bridgehead atoms. The van der Waals surface area contributed by atoms with Crippen LogP contribution in [0.1, 0.15) is 5.56 Å². The van der Waals surface area contributed by atoms with E-state index in [4.69, 9.17) is 0 Å². The Bertz CT molecular complexity index is 658. The first-order valence-corrected chi connectivity index (χ1v) is 12.2. The molecule has 0 atom stereocenters. The molecule has 0 aliphatic carbocycles. The van der Waals surface area contributed by atoms with Crippen molar-refractivity contribution in [1.82, 2.24) is 0 Å². The number of hydrogen-bond donors (Lipinski definition) is 0. The minimum atomic E-state index is -0.466. The van der Waals surface area contributed by atoms with Crippen molar-refractivity contribution in [3.8, 4) is 0 Å². The van der Waals surface area contributed by atoms with Crippen LogP contribution in [-0.4, -0.2) is 19.5 Å². The topological polar surface area (TPSA) is 0 Å². The van der Waals surface area contributed by atoms with Gasteiger partial charge in [-0.05, 0) is 41.1 Å². The SMILES string of the molecule is c1ccc(C[Si](CSc2ccccc2)CSc2ccccc2)cc1. The average molecular weight is 366 g/mol. The van der Waals surface area contributed by atoms with Gasteiger partial charge in [0.25, 0.3) is 0 Å². The molecule has 0 N–H and O–H groups in total. The Hall–Kier alpha value is -1.42. The predicted octanol–water partition coefficient (Wildman–Crippen LogP) is 5.93. The molecule has 3 heteroatoms. The Balaban J connectivity index is 1.61. The van der Waals surface area contributed by atoms with Crippen molar-refractivity contribution in [2.75, 3.05) is 10.8 Å². The first-order valence-electron chi connectivity index (χ1n) is 8.13. The zero-order chi connectivity index (χ0) is 16.5. The van der Waals surface area contributed by atoms with E-state index in [1.54, 1.807) is 0 Å². The fraction of sp³-hybridized carbons (Fsp3) is 0.143. The van der Waals surface area contributed by atoms with E-state index in [9.17, 15) is 0 Å². The van der Waals surface area contributed by atoms with Crippen molar-refractivity contribution in [3.63, 3.8) is 0 Å². The van der Waals surface area contributed by atoms with Crippen molar-refractivity contribution >= 4 is 32.3 Å². The molecule has 3 aromatic rings. The second kappa shape index (κ2) is 9.77. The summed E-state index contributed by atoms with van der Waals surface area (Å²) in [7, 11) is -0.466. The van der Waals surface area contributed by atoms with Gasteiger partial charge in [-0.1, -0.05) is 72.3 Å². The zero-order valence-electron chi connectivity index (χ0n) is 13.6. The van der Waals surface area contributed by atoms with Gasteiger partial charge in [0.15, 0.2) is 0 Å². The largest absolute Gasteiger partial charge is 0.129 e. The van der Waals surface area contributed by atoms with E-state index < -0.39 is 8.80 Å². The number of benzene rings is 3. The van der Waals surface area contributed by atoms with Gasteiger partial charge in [-0.2, -0.15) is 0 Å². The van der Waals surface area contributed by atoms with E-state index in [1.807, 2.05) is 23.5 Å². The Morgan fingerprint density at radius 1 is 0.542 bits per heavy atom. The fourth-order valence-corrected chi connectivity index (χ4v) is 8.81. The van der Waals surface area contributed by atoms with Crippen LogP contribution >= 0.6 is 23.5 Å². The minimum absolute atomic E-state index is 0.466. The van der Waals surface area contributed by atoms with E-state index >= 15 is 0 Å². The predicted molar refractivity (Wildman–Crippen MR) is 110 cm³/mol. The van der Waals surface area contributed by atoms with Crippen molar-refractivity contribution in [2.24, 2.45) is 0 Å². The molecule has 0 fully saturated rings. The van der Waals surface area contributed by atoms with Gasteiger partial charge >= 0.3 is 0 Å². The van der Waals surface area contributed by atoms with Gasteiger partial charge in [-0.25, -0.2) is 0 Å². The molecule has 0 amide bonds. The Labute approximate surface area is 155 Å². The second-order valence-electron chi connectivity index (χ2n) is 5.62. The van der Waals surface area contributed by atoms with Gasteiger partial charge < -0.3 is 0 Å². The molecule has 3 rings (SSSR count). The van der Waals surface area contributed by atoms with E-state index in [2.05, 4.69) is 91.0 Å². The van der Waals surface area contributed by atoms with E-state index in [1.165, 1.54) is 32.2 Å². The summed E-state index contributed by atoms with van der Waals surface area (Å²) in [6.07, 6.45) is 0. The molecule has 0 aliphatic rings. The van der Waals surface area contributed by atoms with Gasteiger partial charge in [0, 0.05) is 9.79 Å². The highest BCUT2D eigenvalue weighted by Gasteiger charge is 2.13. The lowest BCUT2D eigenvalue weighted by molar-refractivity contribution is 1.34. The lowest BCUT2D eigenvalue weighted by Crippen LogP contribution is -2.24. The maximum atomic E-state index is 2.27. The molecule has 0 unspecified atom stereocenters. The summed E-state index contributed by atoms with van der Waals surface area (Å²) in [6.45, 7) is 0. The molecule has 3 aromatic carbocycles. The van der Waals surface area contributed by atoms with Gasteiger partial charge in [0.1, 0.15) is 0 Å². The minimum Gasteiger partial charge on any atom is -0.129 e. The third-order valence-electron chi connectivity index (χ3n) is 3.67. The van der Waals surface area contributed by atoms with Gasteiger partial charge in [-0.3, -0.25) is 0 Å². The van der Waals surface area contributed by atoms with Crippen LogP contribution < -0.4 is 0 Å². The van der Waals surface area contributed by atoms with Gasteiger partial charge in [0.05, 0.1) is 8.80 Å². The normalized spacial score (nSPS) is 10.9. The van der Waals surface area contributed by atoms with Gasteiger partial charge in [-0.15, -0.1) is 23.5 Å². The third-order valence-corrected chi connectivity index (χ3v) is 10.2. The quantitative estimate of drug-likeness (QED) is 0.359. The smallest absolute Gasteiger partial charge is 0.0759 e. The maximum absolute atomic E-state index is 2.27.